The topological polar surface area (TPSA) is 63.5 Å². The van der Waals surface area contributed by atoms with Gasteiger partial charge in [0.1, 0.15) is 12.4 Å². The number of rotatable bonds is 9. The molecule has 0 saturated heterocycles. The maximum Gasteiger partial charge on any atom is 0.191 e. The van der Waals surface area contributed by atoms with Crippen LogP contribution in [0.2, 0.25) is 0 Å². The van der Waals surface area contributed by atoms with Crippen LogP contribution in [0.1, 0.15) is 56.8 Å². The SMILES string of the molecule is CCNC(=NCc1nccn1Cc1ccccc1)NCCOC1CCCCCC1. The number of benzene rings is 1. The number of aliphatic imine (C=N–C) groups is 1. The molecule has 0 amide bonds. The molecule has 2 N–H and O–H groups in total. The quantitative estimate of drug-likeness (QED) is 0.293. The molecule has 1 saturated carbocycles. The average molecular weight is 398 g/mol. The minimum Gasteiger partial charge on any atom is -0.376 e. The molecule has 0 bridgehead atoms. The van der Waals surface area contributed by atoms with E-state index in [9.17, 15) is 0 Å². The zero-order chi connectivity index (χ0) is 20.2. The first-order valence-electron chi connectivity index (χ1n) is 11.0. The van der Waals surface area contributed by atoms with Crippen LogP contribution >= 0.6 is 0 Å². The van der Waals surface area contributed by atoms with Crippen LogP contribution in [0.5, 0.6) is 0 Å². The van der Waals surface area contributed by atoms with Gasteiger partial charge in [-0.1, -0.05) is 56.0 Å². The van der Waals surface area contributed by atoms with Crippen molar-refractivity contribution in [3.63, 3.8) is 0 Å². The number of imidazole rings is 1. The van der Waals surface area contributed by atoms with Gasteiger partial charge in [0.25, 0.3) is 0 Å². The average Bonchev–Trinajstić information content (AvgIpc) is 3.01. The number of aromatic nitrogens is 2. The van der Waals surface area contributed by atoms with Crippen LogP contribution in [-0.4, -0.2) is 41.3 Å². The molecule has 0 atom stereocenters. The number of ether oxygens (including phenoxy) is 1. The molecule has 1 heterocycles. The highest BCUT2D eigenvalue weighted by Gasteiger charge is 2.12. The minimum atomic E-state index is 0.435. The molecule has 0 radical (unpaired) electrons. The van der Waals surface area contributed by atoms with Crippen molar-refractivity contribution in [2.24, 2.45) is 4.99 Å². The summed E-state index contributed by atoms with van der Waals surface area (Å²) < 4.78 is 8.22. The van der Waals surface area contributed by atoms with Gasteiger partial charge in [0.15, 0.2) is 5.96 Å². The molecular weight excluding hydrogens is 362 g/mol. The highest BCUT2D eigenvalue weighted by molar-refractivity contribution is 5.79. The highest BCUT2D eigenvalue weighted by atomic mass is 16.5. The van der Waals surface area contributed by atoms with Crippen molar-refractivity contribution < 1.29 is 4.74 Å². The lowest BCUT2D eigenvalue weighted by molar-refractivity contribution is 0.0468. The Kier molecular flexibility index (Phi) is 9.04. The van der Waals surface area contributed by atoms with E-state index in [1.807, 2.05) is 18.5 Å². The maximum atomic E-state index is 6.07. The molecule has 158 valence electrons. The van der Waals surface area contributed by atoms with Crippen LogP contribution in [0.3, 0.4) is 0 Å². The summed E-state index contributed by atoms with van der Waals surface area (Å²) >= 11 is 0. The molecule has 6 heteroatoms. The first-order chi connectivity index (χ1) is 14.3. The Labute approximate surface area is 174 Å². The van der Waals surface area contributed by atoms with Crippen LogP contribution in [0.4, 0.5) is 0 Å². The fraction of sp³-hybridized carbons (Fsp3) is 0.565. The summed E-state index contributed by atoms with van der Waals surface area (Å²) in [6, 6.07) is 10.4. The summed E-state index contributed by atoms with van der Waals surface area (Å²) in [5.41, 5.74) is 1.26. The third-order valence-corrected chi connectivity index (χ3v) is 5.27. The van der Waals surface area contributed by atoms with Crippen LogP contribution in [0.25, 0.3) is 0 Å². The third-order valence-electron chi connectivity index (χ3n) is 5.27. The van der Waals surface area contributed by atoms with Gasteiger partial charge in [0, 0.05) is 32.0 Å². The molecule has 6 nitrogen and oxygen atoms in total. The molecule has 0 spiro atoms. The van der Waals surface area contributed by atoms with E-state index in [2.05, 4.69) is 51.4 Å². The van der Waals surface area contributed by atoms with Crippen LogP contribution in [-0.2, 0) is 17.8 Å². The highest BCUT2D eigenvalue weighted by Crippen LogP contribution is 2.19. The number of hydrogen-bond acceptors (Lipinski definition) is 3. The van der Waals surface area contributed by atoms with Crippen LogP contribution in [0, 0.1) is 0 Å². The Morgan fingerprint density at radius 3 is 2.69 bits per heavy atom. The summed E-state index contributed by atoms with van der Waals surface area (Å²) in [6.07, 6.45) is 12.0. The Balaban J connectivity index is 1.47. The van der Waals surface area contributed by atoms with E-state index in [0.29, 0.717) is 12.6 Å². The predicted octanol–water partition coefficient (Wildman–Crippen LogP) is 3.73. The summed E-state index contributed by atoms with van der Waals surface area (Å²) in [7, 11) is 0. The molecule has 2 aromatic rings. The van der Waals surface area contributed by atoms with Gasteiger partial charge in [0.05, 0.1) is 12.7 Å². The Morgan fingerprint density at radius 2 is 1.93 bits per heavy atom. The van der Waals surface area contributed by atoms with Gasteiger partial charge in [0.2, 0.25) is 0 Å². The van der Waals surface area contributed by atoms with E-state index in [1.54, 1.807) is 0 Å². The molecular formula is C23H35N5O. The summed E-state index contributed by atoms with van der Waals surface area (Å²) in [4.78, 5) is 9.20. The number of hydrogen-bond donors (Lipinski definition) is 2. The van der Waals surface area contributed by atoms with Crippen molar-refractivity contribution >= 4 is 5.96 Å². The minimum absolute atomic E-state index is 0.435. The Hall–Kier alpha value is -2.34. The van der Waals surface area contributed by atoms with Crippen molar-refractivity contribution in [1.82, 2.24) is 20.2 Å². The zero-order valence-corrected chi connectivity index (χ0v) is 17.6. The van der Waals surface area contributed by atoms with E-state index in [0.717, 1.165) is 38.0 Å². The number of nitrogens with one attached hydrogen (secondary N) is 2. The van der Waals surface area contributed by atoms with Gasteiger partial charge in [-0.3, -0.25) is 0 Å². The second-order valence-corrected chi connectivity index (χ2v) is 7.56. The van der Waals surface area contributed by atoms with E-state index >= 15 is 0 Å². The lowest BCUT2D eigenvalue weighted by Gasteiger charge is -2.16. The van der Waals surface area contributed by atoms with Crippen molar-refractivity contribution in [2.45, 2.75) is 64.6 Å². The standard InChI is InChI=1S/C23H35N5O/c1-2-24-23(26-15-17-29-21-12-8-3-4-9-13-21)27-18-22-25-14-16-28(22)19-20-10-6-5-7-11-20/h5-7,10-11,14,16,21H,2-4,8-9,12-13,15,17-19H2,1H3,(H2,24,26,27). The first-order valence-corrected chi connectivity index (χ1v) is 11.0. The molecule has 0 aliphatic heterocycles. The van der Waals surface area contributed by atoms with Gasteiger partial charge in [-0.15, -0.1) is 0 Å². The van der Waals surface area contributed by atoms with E-state index in [-0.39, 0.29) is 0 Å². The Bertz CT molecular complexity index is 720. The Morgan fingerprint density at radius 1 is 1.14 bits per heavy atom. The van der Waals surface area contributed by atoms with E-state index < -0.39 is 0 Å². The lowest BCUT2D eigenvalue weighted by Crippen LogP contribution is -2.39. The summed E-state index contributed by atoms with van der Waals surface area (Å²) in [5, 5.41) is 6.69. The smallest absolute Gasteiger partial charge is 0.191 e. The fourth-order valence-electron chi connectivity index (χ4n) is 3.71. The first kappa shape index (κ1) is 21.4. The van der Waals surface area contributed by atoms with Crippen molar-refractivity contribution in [3.05, 3.63) is 54.1 Å². The molecule has 1 aliphatic rings. The molecule has 1 aromatic carbocycles. The van der Waals surface area contributed by atoms with Gasteiger partial charge in [-0.2, -0.15) is 0 Å². The zero-order valence-electron chi connectivity index (χ0n) is 17.6. The van der Waals surface area contributed by atoms with Gasteiger partial charge < -0.3 is 19.9 Å². The fourth-order valence-corrected chi connectivity index (χ4v) is 3.71. The molecule has 1 fully saturated rings. The molecule has 1 aromatic heterocycles. The molecule has 3 rings (SSSR count). The molecule has 29 heavy (non-hydrogen) atoms. The van der Waals surface area contributed by atoms with Gasteiger partial charge >= 0.3 is 0 Å². The lowest BCUT2D eigenvalue weighted by atomic mass is 10.1. The van der Waals surface area contributed by atoms with Gasteiger partial charge in [-0.05, 0) is 25.3 Å². The van der Waals surface area contributed by atoms with Crippen molar-refractivity contribution in [2.75, 3.05) is 19.7 Å². The van der Waals surface area contributed by atoms with Crippen molar-refractivity contribution in [3.8, 4) is 0 Å². The second kappa shape index (κ2) is 12.3. The number of guanidine groups is 1. The molecule has 0 unspecified atom stereocenters. The largest absolute Gasteiger partial charge is 0.376 e. The van der Waals surface area contributed by atoms with E-state index in [1.165, 1.54) is 44.1 Å². The van der Waals surface area contributed by atoms with Crippen LogP contribution in [0.15, 0.2) is 47.7 Å². The number of nitrogens with zero attached hydrogens (tertiary/aromatic N) is 3. The summed E-state index contributed by atoms with van der Waals surface area (Å²) in [6.45, 7) is 5.74. The van der Waals surface area contributed by atoms with E-state index in [4.69, 9.17) is 9.73 Å². The maximum absolute atomic E-state index is 6.07. The summed E-state index contributed by atoms with van der Waals surface area (Å²) in [5.74, 6) is 1.77. The van der Waals surface area contributed by atoms with Gasteiger partial charge in [-0.25, -0.2) is 9.98 Å². The van der Waals surface area contributed by atoms with Crippen molar-refractivity contribution in [1.29, 1.82) is 0 Å². The second-order valence-electron chi connectivity index (χ2n) is 7.56. The van der Waals surface area contributed by atoms with Crippen LogP contribution < -0.4 is 10.6 Å². The third kappa shape index (κ3) is 7.54. The normalized spacial score (nSPS) is 15.8. The monoisotopic (exact) mass is 397 g/mol. The molecule has 1 aliphatic carbocycles. The predicted molar refractivity (Wildman–Crippen MR) is 118 cm³/mol.